The second-order valence-electron chi connectivity index (χ2n) is 7.67. The van der Waals surface area contributed by atoms with Crippen LogP contribution >= 0.6 is 27.3 Å². The second-order valence-corrected chi connectivity index (χ2v) is 9.86. The summed E-state index contributed by atoms with van der Waals surface area (Å²) < 4.78 is 6.11. The van der Waals surface area contributed by atoms with Gasteiger partial charge in [-0.05, 0) is 0 Å². The Morgan fingerprint density at radius 1 is 1.47 bits per heavy atom. The predicted molar refractivity (Wildman–Crippen MR) is 127 cm³/mol. The fraction of sp³-hybridized carbons (Fsp3) is 0.545. The molecule has 0 radical (unpaired) electrons. The van der Waals surface area contributed by atoms with Crippen LogP contribution in [-0.4, -0.2) is 60.2 Å². The summed E-state index contributed by atoms with van der Waals surface area (Å²) in [5, 5.41) is 29.5. The van der Waals surface area contributed by atoms with E-state index in [4.69, 9.17) is 9.84 Å². The van der Waals surface area contributed by atoms with Gasteiger partial charge < -0.3 is 0 Å². The zero-order chi connectivity index (χ0) is 22.1. The first-order valence-corrected chi connectivity index (χ1v) is 11.8. The number of allylic oxidation sites excluding steroid dienone is 2. The normalized spacial score (nSPS) is 25.3. The van der Waals surface area contributed by atoms with Gasteiger partial charge in [-0.1, -0.05) is 0 Å². The molecule has 0 saturated heterocycles. The van der Waals surface area contributed by atoms with Gasteiger partial charge in [-0.25, -0.2) is 0 Å². The van der Waals surface area contributed by atoms with Crippen molar-refractivity contribution in [3.63, 3.8) is 0 Å². The second kappa shape index (κ2) is 12.7. The molecule has 0 aliphatic heterocycles. The van der Waals surface area contributed by atoms with Crippen molar-refractivity contribution in [2.45, 2.75) is 44.8 Å². The summed E-state index contributed by atoms with van der Waals surface area (Å²) in [6, 6.07) is 2.11. The number of aliphatic hydroxyl groups is 2. The molecular formula is C22H30BBrO5S. The number of aliphatic carboxylic acids is 1. The molecule has 1 aromatic heterocycles. The molecule has 1 aromatic rings. The molecule has 1 heterocycles. The van der Waals surface area contributed by atoms with E-state index in [1.54, 1.807) is 17.4 Å². The van der Waals surface area contributed by atoms with Crippen LogP contribution in [0, 0.1) is 24.7 Å². The number of hydrogen-bond donors (Lipinski definition) is 3. The molecule has 2 rings (SSSR count). The summed E-state index contributed by atoms with van der Waals surface area (Å²) in [4.78, 5) is 12.9. The number of halogens is 1. The first-order valence-electron chi connectivity index (χ1n) is 10.2. The zero-order valence-electron chi connectivity index (χ0n) is 17.2. The summed E-state index contributed by atoms with van der Waals surface area (Å²) in [6.07, 6.45) is 9.42. The predicted octanol–water partition coefficient (Wildman–Crippen LogP) is 3.03. The third-order valence-corrected chi connectivity index (χ3v) is 7.66. The van der Waals surface area contributed by atoms with Gasteiger partial charge in [0.25, 0.3) is 0 Å². The molecule has 0 amide bonds. The van der Waals surface area contributed by atoms with E-state index in [0.29, 0.717) is 19.3 Å². The molecule has 8 heteroatoms. The van der Waals surface area contributed by atoms with Crippen LogP contribution in [-0.2, 0) is 16.0 Å². The summed E-state index contributed by atoms with van der Waals surface area (Å²) in [6.45, 7) is 1.99. The fourth-order valence-corrected chi connectivity index (χ4v) is 5.47. The van der Waals surface area contributed by atoms with Crippen LogP contribution in [0.5, 0.6) is 0 Å². The van der Waals surface area contributed by atoms with E-state index < -0.39 is 18.2 Å². The summed E-state index contributed by atoms with van der Waals surface area (Å²) in [5.74, 6) is 1.20. The molecule has 0 bridgehead atoms. The number of aryl methyl sites for hydroxylation is 2. The summed E-state index contributed by atoms with van der Waals surface area (Å²) in [5.41, 5.74) is 0. The molecule has 30 heavy (non-hydrogen) atoms. The first-order chi connectivity index (χ1) is 14.3. The minimum atomic E-state index is -0.992. The van der Waals surface area contributed by atoms with Crippen molar-refractivity contribution in [1.82, 2.24) is 0 Å². The van der Waals surface area contributed by atoms with E-state index in [0.717, 1.165) is 10.9 Å². The molecule has 1 fully saturated rings. The van der Waals surface area contributed by atoms with Crippen LogP contribution in [0.15, 0.2) is 34.8 Å². The molecule has 1 saturated carbocycles. The molecule has 164 valence electrons. The molecule has 1 unspecified atom stereocenters. The van der Waals surface area contributed by atoms with Crippen LogP contribution in [0.4, 0.5) is 0 Å². The zero-order valence-corrected chi connectivity index (χ0v) is 19.6. The van der Waals surface area contributed by atoms with E-state index in [1.165, 1.54) is 9.75 Å². The Labute approximate surface area is 191 Å². The molecule has 0 spiro atoms. The monoisotopic (exact) mass is 496 g/mol. The third-order valence-electron chi connectivity index (χ3n) is 5.46. The van der Waals surface area contributed by atoms with Crippen LogP contribution in [0.3, 0.4) is 0 Å². The first kappa shape index (κ1) is 25.2. The summed E-state index contributed by atoms with van der Waals surface area (Å²) in [7, 11) is 3.91. The van der Waals surface area contributed by atoms with Crippen LogP contribution in [0.2, 0.25) is 0 Å². The maximum absolute atomic E-state index is 10.5. The van der Waals surface area contributed by atoms with Crippen molar-refractivity contribution in [1.29, 1.82) is 0 Å². The van der Waals surface area contributed by atoms with Gasteiger partial charge in [0.1, 0.15) is 0 Å². The van der Waals surface area contributed by atoms with Crippen molar-refractivity contribution in [2.75, 3.05) is 13.2 Å². The van der Waals surface area contributed by atoms with Crippen LogP contribution in [0.1, 0.15) is 29.0 Å². The number of rotatable bonds is 12. The Balaban J connectivity index is 1.89. The van der Waals surface area contributed by atoms with Gasteiger partial charge >= 0.3 is 192 Å². The van der Waals surface area contributed by atoms with Crippen LogP contribution in [0.25, 0.3) is 0 Å². The molecule has 1 aliphatic carbocycles. The standard InChI is InChI=1S/C22H30BBrO5S/c1-14-20(24)11-17(30-14)7-5-16(25)6-8-18-15(12-23)10-21(26)19(18)4-2-3-9-29-13-22(27)28/h2-3,6,8,11-12,15-16,18-19,21,23,25-26H,4-5,7,9-10,13H2,1H3,(H,27,28)/b3-2-,8-6+/t15-,16-,18-,19+,21?/m0/s1. The average molecular weight is 497 g/mol. The number of carboxylic acid groups (broad SMARTS) is 1. The van der Waals surface area contributed by atoms with Gasteiger partial charge in [-0.2, -0.15) is 0 Å². The van der Waals surface area contributed by atoms with Gasteiger partial charge in [-0.3, -0.25) is 0 Å². The van der Waals surface area contributed by atoms with Gasteiger partial charge in [-0.15, -0.1) is 0 Å². The van der Waals surface area contributed by atoms with E-state index in [1.807, 2.05) is 24.2 Å². The van der Waals surface area contributed by atoms with Crippen molar-refractivity contribution in [3.05, 3.63) is 44.6 Å². The maximum atomic E-state index is 10.5. The Morgan fingerprint density at radius 3 is 2.87 bits per heavy atom. The number of ether oxygens (including phenoxy) is 1. The summed E-state index contributed by atoms with van der Waals surface area (Å²) >= 11 is 5.27. The van der Waals surface area contributed by atoms with Crippen molar-refractivity contribution < 1.29 is 24.9 Å². The number of carbonyl (C=O) groups is 1. The number of aliphatic hydroxyl groups excluding tert-OH is 2. The Morgan fingerprint density at radius 2 is 2.23 bits per heavy atom. The van der Waals surface area contributed by atoms with Gasteiger partial charge in [0.2, 0.25) is 0 Å². The van der Waals surface area contributed by atoms with E-state index in [9.17, 15) is 15.0 Å². The Hall–Kier alpha value is -1.06. The third kappa shape index (κ3) is 7.89. The van der Waals surface area contributed by atoms with Gasteiger partial charge in [0.05, 0.1) is 0 Å². The molecule has 5 atom stereocenters. The van der Waals surface area contributed by atoms with Gasteiger partial charge in [0.15, 0.2) is 0 Å². The quantitative estimate of drug-likeness (QED) is 0.235. The molecule has 0 aromatic carbocycles. The molecule has 1 aliphatic rings. The topological polar surface area (TPSA) is 87.0 Å². The number of carboxylic acids is 1. The Kier molecular flexibility index (Phi) is 10.7. The fourth-order valence-electron chi connectivity index (χ4n) is 3.86. The van der Waals surface area contributed by atoms with E-state index in [2.05, 4.69) is 36.4 Å². The number of thiophene rings is 1. The number of hydrogen-bond acceptors (Lipinski definition) is 5. The van der Waals surface area contributed by atoms with E-state index >= 15 is 0 Å². The van der Waals surface area contributed by atoms with E-state index in [-0.39, 0.29) is 31.0 Å². The Bertz CT molecular complexity index is 743. The molecule has 5 nitrogen and oxygen atoms in total. The SMILES string of the molecule is B=C[C@@H]1CC(O)[C@H](C/C=C\COCC(=O)O)[C@H]1/C=C/[C@@H](O)CCc1cc(Br)c(C)s1. The molecular weight excluding hydrogens is 467 g/mol. The minimum absolute atomic E-state index is 0.0306. The van der Waals surface area contributed by atoms with Crippen LogP contribution < -0.4 is 0 Å². The van der Waals surface area contributed by atoms with Crippen molar-refractivity contribution >= 4 is 46.7 Å². The van der Waals surface area contributed by atoms with Gasteiger partial charge in [0, 0.05) is 0 Å². The average Bonchev–Trinajstić information content (AvgIpc) is 3.19. The van der Waals surface area contributed by atoms with Crippen molar-refractivity contribution in [2.24, 2.45) is 17.8 Å². The van der Waals surface area contributed by atoms with Crippen molar-refractivity contribution in [3.8, 4) is 0 Å². The molecule has 3 N–H and O–H groups in total.